The van der Waals surface area contributed by atoms with Crippen LogP contribution in [0.2, 0.25) is 5.02 Å². The lowest BCUT2D eigenvalue weighted by Gasteiger charge is -2.21. The number of ether oxygens (including phenoxy) is 1. The minimum absolute atomic E-state index is 0.753. The van der Waals surface area contributed by atoms with E-state index >= 15 is 0 Å². The van der Waals surface area contributed by atoms with Crippen molar-refractivity contribution in [3.05, 3.63) is 70.7 Å². The van der Waals surface area contributed by atoms with Gasteiger partial charge >= 0.3 is 0 Å². The van der Waals surface area contributed by atoms with Crippen LogP contribution in [0.1, 0.15) is 11.1 Å². The van der Waals surface area contributed by atoms with Crippen molar-refractivity contribution in [2.24, 2.45) is 0 Å². The largest absolute Gasteiger partial charge is 0.456 e. The first-order valence-corrected chi connectivity index (χ1v) is 6.66. The number of hydrogen-bond acceptors (Lipinski definition) is 1. The van der Waals surface area contributed by atoms with Crippen LogP contribution in [0.25, 0.3) is 10.8 Å². The molecule has 0 radical (unpaired) electrons. The molecule has 0 saturated heterocycles. The Morgan fingerprint density at radius 2 is 1.79 bits per heavy atom. The molecule has 1 aliphatic rings. The SMILES string of the molecule is Clc1ccc2c3c(ccc2c1)Cc1ccccc1O3. The summed E-state index contributed by atoms with van der Waals surface area (Å²) in [5.74, 6) is 1.92. The molecule has 0 N–H and O–H groups in total. The predicted molar refractivity (Wildman–Crippen MR) is 78.3 cm³/mol. The Kier molecular flexibility index (Phi) is 2.30. The van der Waals surface area contributed by atoms with Crippen molar-refractivity contribution in [1.82, 2.24) is 0 Å². The topological polar surface area (TPSA) is 9.23 Å². The van der Waals surface area contributed by atoms with E-state index in [1.165, 1.54) is 11.1 Å². The number of hydrogen-bond donors (Lipinski definition) is 0. The van der Waals surface area contributed by atoms with Gasteiger partial charge in [0.15, 0.2) is 0 Å². The lowest BCUT2D eigenvalue weighted by molar-refractivity contribution is 0.466. The first-order valence-electron chi connectivity index (χ1n) is 6.28. The Morgan fingerprint density at radius 3 is 2.74 bits per heavy atom. The Morgan fingerprint density at radius 1 is 0.895 bits per heavy atom. The van der Waals surface area contributed by atoms with Gasteiger partial charge < -0.3 is 4.74 Å². The highest BCUT2D eigenvalue weighted by molar-refractivity contribution is 6.31. The van der Waals surface area contributed by atoms with Crippen LogP contribution in [0.15, 0.2) is 54.6 Å². The van der Waals surface area contributed by atoms with Crippen molar-refractivity contribution >= 4 is 22.4 Å². The highest BCUT2D eigenvalue weighted by atomic mass is 35.5. The molecule has 1 nitrogen and oxygen atoms in total. The molecule has 0 aliphatic carbocycles. The van der Waals surface area contributed by atoms with E-state index < -0.39 is 0 Å². The van der Waals surface area contributed by atoms with Crippen LogP contribution in [-0.4, -0.2) is 0 Å². The number of para-hydroxylation sites is 1. The third kappa shape index (κ3) is 1.70. The summed E-state index contributed by atoms with van der Waals surface area (Å²) in [6, 6.07) is 18.3. The van der Waals surface area contributed by atoms with E-state index in [4.69, 9.17) is 16.3 Å². The van der Waals surface area contributed by atoms with Gasteiger partial charge in [-0.3, -0.25) is 0 Å². The number of rotatable bonds is 0. The Balaban J connectivity index is 1.96. The fourth-order valence-corrected chi connectivity index (χ4v) is 2.82. The van der Waals surface area contributed by atoms with Gasteiger partial charge in [-0.2, -0.15) is 0 Å². The number of fused-ring (bicyclic) bond motifs is 4. The zero-order valence-electron chi connectivity index (χ0n) is 10.2. The third-order valence-electron chi connectivity index (χ3n) is 3.58. The maximum atomic E-state index is 6.09. The van der Waals surface area contributed by atoms with Gasteiger partial charge in [0.1, 0.15) is 11.5 Å². The summed E-state index contributed by atoms with van der Waals surface area (Å²) >= 11 is 6.04. The quantitative estimate of drug-likeness (QED) is 0.426. The lowest BCUT2D eigenvalue weighted by atomic mass is 9.97. The summed E-state index contributed by atoms with van der Waals surface area (Å²) in [6.45, 7) is 0. The third-order valence-corrected chi connectivity index (χ3v) is 3.81. The van der Waals surface area contributed by atoms with Gasteiger partial charge in [-0.05, 0) is 40.8 Å². The molecule has 92 valence electrons. The molecule has 1 heterocycles. The average Bonchev–Trinajstić information content (AvgIpc) is 2.44. The van der Waals surface area contributed by atoms with E-state index in [0.29, 0.717) is 0 Å². The molecule has 0 bridgehead atoms. The average molecular weight is 267 g/mol. The van der Waals surface area contributed by atoms with Gasteiger partial charge in [-0.1, -0.05) is 41.9 Å². The van der Waals surface area contributed by atoms with Gasteiger partial charge in [-0.15, -0.1) is 0 Å². The molecule has 1 aliphatic heterocycles. The van der Waals surface area contributed by atoms with Crippen LogP contribution in [0.3, 0.4) is 0 Å². The predicted octanol–water partition coefficient (Wildman–Crippen LogP) is 5.19. The van der Waals surface area contributed by atoms with Crippen molar-refractivity contribution in [1.29, 1.82) is 0 Å². The number of benzene rings is 3. The first kappa shape index (κ1) is 10.9. The summed E-state index contributed by atoms with van der Waals surface area (Å²) in [4.78, 5) is 0. The van der Waals surface area contributed by atoms with Crippen LogP contribution in [0, 0.1) is 0 Å². The lowest BCUT2D eigenvalue weighted by Crippen LogP contribution is -2.03. The summed E-state index contributed by atoms with van der Waals surface area (Å²) in [5.41, 5.74) is 2.47. The standard InChI is InChI=1S/C17H11ClO/c18-14-7-8-15-11(10-14)5-6-13-9-12-3-1-2-4-16(12)19-17(13)15/h1-8,10H,9H2. The van der Waals surface area contributed by atoms with Crippen LogP contribution in [0.4, 0.5) is 0 Å². The molecule has 0 saturated carbocycles. The maximum Gasteiger partial charge on any atom is 0.138 e. The van der Waals surface area contributed by atoms with Crippen LogP contribution in [-0.2, 0) is 6.42 Å². The minimum atomic E-state index is 0.753. The van der Waals surface area contributed by atoms with Crippen molar-refractivity contribution in [3.63, 3.8) is 0 Å². The maximum absolute atomic E-state index is 6.09. The van der Waals surface area contributed by atoms with Crippen molar-refractivity contribution < 1.29 is 4.74 Å². The van der Waals surface area contributed by atoms with E-state index in [1.807, 2.05) is 36.4 Å². The zero-order chi connectivity index (χ0) is 12.8. The van der Waals surface area contributed by atoms with Gasteiger partial charge in [-0.25, -0.2) is 0 Å². The van der Waals surface area contributed by atoms with E-state index in [0.717, 1.165) is 33.7 Å². The second kappa shape index (κ2) is 4.01. The fourth-order valence-electron chi connectivity index (χ4n) is 2.64. The van der Waals surface area contributed by atoms with Crippen LogP contribution in [0.5, 0.6) is 11.5 Å². The van der Waals surface area contributed by atoms with Crippen molar-refractivity contribution in [2.75, 3.05) is 0 Å². The van der Waals surface area contributed by atoms with E-state index in [2.05, 4.69) is 18.2 Å². The molecule has 0 aromatic heterocycles. The Bertz CT molecular complexity index is 792. The molecule has 3 aromatic rings. The first-order chi connectivity index (χ1) is 9.31. The van der Waals surface area contributed by atoms with Crippen molar-refractivity contribution in [3.8, 4) is 11.5 Å². The second-order valence-corrected chi connectivity index (χ2v) is 5.24. The van der Waals surface area contributed by atoms with Gasteiger partial charge in [0.25, 0.3) is 0 Å². The van der Waals surface area contributed by atoms with E-state index in [-0.39, 0.29) is 0 Å². The molecule has 0 atom stereocenters. The molecule has 0 unspecified atom stereocenters. The van der Waals surface area contributed by atoms with Gasteiger partial charge in [0.05, 0.1) is 0 Å². The monoisotopic (exact) mass is 266 g/mol. The molecule has 0 fully saturated rings. The molecule has 2 heteroatoms. The molecule has 19 heavy (non-hydrogen) atoms. The molecular weight excluding hydrogens is 256 g/mol. The number of halogens is 1. The summed E-state index contributed by atoms with van der Waals surface area (Å²) in [7, 11) is 0. The molecule has 3 aromatic carbocycles. The zero-order valence-corrected chi connectivity index (χ0v) is 10.9. The Hall–Kier alpha value is -1.99. The van der Waals surface area contributed by atoms with Crippen LogP contribution >= 0.6 is 11.6 Å². The van der Waals surface area contributed by atoms with Crippen molar-refractivity contribution in [2.45, 2.75) is 6.42 Å². The molecule has 0 amide bonds. The van der Waals surface area contributed by atoms with Gasteiger partial charge in [0.2, 0.25) is 0 Å². The Labute approximate surface area is 116 Å². The summed E-state index contributed by atoms with van der Waals surface area (Å²) in [6.07, 6.45) is 0.921. The summed E-state index contributed by atoms with van der Waals surface area (Å²) in [5, 5.41) is 2.99. The van der Waals surface area contributed by atoms with E-state index in [9.17, 15) is 0 Å². The molecule has 0 spiro atoms. The fraction of sp³-hybridized carbons (Fsp3) is 0.0588. The minimum Gasteiger partial charge on any atom is -0.456 e. The normalized spacial score (nSPS) is 12.7. The van der Waals surface area contributed by atoms with Gasteiger partial charge in [0, 0.05) is 16.8 Å². The second-order valence-electron chi connectivity index (χ2n) is 4.81. The summed E-state index contributed by atoms with van der Waals surface area (Å²) < 4.78 is 6.09. The van der Waals surface area contributed by atoms with E-state index in [1.54, 1.807) is 0 Å². The molecular formula is C17H11ClO. The highest BCUT2D eigenvalue weighted by Gasteiger charge is 2.18. The van der Waals surface area contributed by atoms with Crippen LogP contribution < -0.4 is 4.74 Å². The highest BCUT2D eigenvalue weighted by Crippen LogP contribution is 2.41. The molecule has 4 rings (SSSR count). The smallest absolute Gasteiger partial charge is 0.138 e.